The number of hydrogen-bond donors (Lipinski definition) is 1. The topological polar surface area (TPSA) is 30.5 Å². The Morgan fingerprint density at radius 3 is 2.27 bits per heavy atom. The first kappa shape index (κ1) is 17.1. The van der Waals surface area contributed by atoms with Crippen LogP contribution in [0.25, 0.3) is 0 Å². The second kappa shape index (κ2) is 6.49. The number of rotatable bonds is 5. The summed E-state index contributed by atoms with van der Waals surface area (Å²) in [5.41, 5.74) is 0.340. The maximum absolute atomic E-state index is 6.05. The molecule has 1 aliphatic rings. The smallest absolute Gasteiger partial charge is 0.123 e. The van der Waals surface area contributed by atoms with Crippen LogP contribution in [0.2, 0.25) is 0 Å². The lowest BCUT2D eigenvalue weighted by Crippen LogP contribution is -2.53. The highest BCUT2D eigenvalue weighted by Gasteiger charge is 2.33. The Hall–Kier alpha value is -1.22. The summed E-state index contributed by atoms with van der Waals surface area (Å²) < 4.78 is 11.9. The first-order valence-corrected chi connectivity index (χ1v) is 8.28. The average Bonchev–Trinajstić information content (AvgIpc) is 2.32. The molecule has 2 rings (SSSR count). The third-order valence-electron chi connectivity index (χ3n) is 3.51. The second-order valence-corrected chi connectivity index (χ2v) is 8.63. The Bertz CT molecular complexity index is 479. The molecule has 0 saturated heterocycles. The molecule has 0 unspecified atom stereocenters. The van der Waals surface area contributed by atoms with E-state index < -0.39 is 0 Å². The summed E-state index contributed by atoms with van der Waals surface area (Å²) in [5, 5.41) is 3.61. The molecule has 1 aromatic carbocycles. The SMILES string of the molecule is CC(C)(C)COc1cccc(OC2CC(NC(C)(C)C)C2)c1. The molecule has 0 aliphatic heterocycles. The molecule has 124 valence electrons. The van der Waals surface area contributed by atoms with E-state index in [-0.39, 0.29) is 11.0 Å². The molecule has 0 aromatic heterocycles. The highest BCUT2D eigenvalue weighted by atomic mass is 16.5. The number of benzene rings is 1. The number of hydrogen-bond acceptors (Lipinski definition) is 3. The second-order valence-electron chi connectivity index (χ2n) is 8.63. The quantitative estimate of drug-likeness (QED) is 0.874. The van der Waals surface area contributed by atoms with Crippen molar-refractivity contribution >= 4 is 0 Å². The molecule has 0 bridgehead atoms. The van der Waals surface area contributed by atoms with Gasteiger partial charge in [-0.05, 0) is 51.2 Å². The van der Waals surface area contributed by atoms with Crippen LogP contribution in [0, 0.1) is 5.41 Å². The molecule has 1 aromatic rings. The van der Waals surface area contributed by atoms with E-state index in [9.17, 15) is 0 Å². The van der Waals surface area contributed by atoms with Gasteiger partial charge in [0.1, 0.15) is 17.6 Å². The third kappa shape index (κ3) is 5.88. The minimum atomic E-state index is 0.163. The van der Waals surface area contributed by atoms with Crippen LogP contribution in [0.3, 0.4) is 0 Å². The summed E-state index contributed by atoms with van der Waals surface area (Å²) in [6, 6.07) is 8.57. The van der Waals surface area contributed by atoms with E-state index in [1.165, 1.54) is 0 Å². The van der Waals surface area contributed by atoms with E-state index in [4.69, 9.17) is 9.47 Å². The van der Waals surface area contributed by atoms with Crippen molar-refractivity contribution in [2.75, 3.05) is 6.61 Å². The highest BCUT2D eigenvalue weighted by molar-refractivity contribution is 5.33. The van der Waals surface area contributed by atoms with Crippen molar-refractivity contribution in [3.63, 3.8) is 0 Å². The van der Waals surface area contributed by atoms with E-state index in [1.807, 2.05) is 24.3 Å². The van der Waals surface area contributed by atoms with Crippen LogP contribution in [-0.4, -0.2) is 24.3 Å². The van der Waals surface area contributed by atoms with Crippen molar-refractivity contribution in [3.8, 4) is 11.5 Å². The molecule has 0 atom stereocenters. The van der Waals surface area contributed by atoms with Crippen molar-refractivity contribution in [3.05, 3.63) is 24.3 Å². The van der Waals surface area contributed by atoms with Gasteiger partial charge >= 0.3 is 0 Å². The number of nitrogens with one attached hydrogen (secondary N) is 1. The van der Waals surface area contributed by atoms with Crippen molar-refractivity contribution in [2.24, 2.45) is 5.41 Å². The minimum absolute atomic E-state index is 0.163. The fourth-order valence-electron chi connectivity index (χ4n) is 2.52. The van der Waals surface area contributed by atoms with Gasteiger partial charge in [-0.1, -0.05) is 26.8 Å². The van der Waals surface area contributed by atoms with Gasteiger partial charge in [-0.3, -0.25) is 0 Å². The Labute approximate surface area is 135 Å². The average molecular weight is 305 g/mol. The lowest BCUT2D eigenvalue weighted by atomic mass is 9.87. The lowest BCUT2D eigenvalue weighted by molar-refractivity contribution is 0.0730. The summed E-state index contributed by atoms with van der Waals surface area (Å²) in [6.07, 6.45) is 2.46. The molecule has 1 N–H and O–H groups in total. The normalized spacial score (nSPS) is 22.1. The number of ether oxygens (including phenoxy) is 2. The predicted octanol–water partition coefficient (Wildman–Crippen LogP) is 4.41. The van der Waals surface area contributed by atoms with Gasteiger partial charge in [0.15, 0.2) is 0 Å². The predicted molar refractivity (Wildman–Crippen MR) is 91.7 cm³/mol. The summed E-state index contributed by atoms with van der Waals surface area (Å²) in [6.45, 7) is 13.8. The van der Waals surface area contributed by atoms with E-state index >= 15 is 0 Å². The molecule has 1 fully saturated rings. The zero-order valence-electron chi connectivity index (χ0n) is 14.9. The molecule has 3 heteroatoms. The molecule has 0 radical (unpaired) electrons. The van der Waals surface area contributed by atoms with Gasteiger partial charge in [0.05, 0.1) is 6.61 Å². The minimum Gasteiger partial charge on any atom is -0.493 e. The van der Waals surface area contributed by atoms with Crippen molar-refractivity contribution < 1.29 is 9.47 Å². The van der Waals surface area contributed by atoms with Crippen LogP contribution >= 0.6 is 0 Å². The third-order valence-corrected chi connectivity index (χ3v) is 3.51. The van der Waals surface area contributed by atoms with Gasteiger partial charge in [-0.25, -0.2) is 0 Å². The van der Waals surface area contributed by atoms with E-state index in [1.54, 1.807) is 0 Å². The van der Waals surface area contributed by atoms with Crippen LogP contribution in [0.1, 0.15) is 54.4 Å². The zero-order valence-corrected chi connectivity index (χ0v) is 14.9. The van der Waals surface area contributed by atoms with Gasteiger partial charge in [-0.2, -0.15) is 0 Å². The Balaban J connectivity index is 1.80. The molecule has 0 spiro atoms. The van der Waals surface area contributed by atoms with Crippen LogP contribution in [-0.2, 0) is 0 Å². The maximum Gasteiger partial charge on any atom is 0.123 e. The van der Waals surface area contributed by atoms with Crippen LogP contribution in [0.15, 0.2) is 24.3 Å². The first-order valence-electron chi connectivity index (χ1n) is 8.28. The van der Waals surface area contributed by atoms with Gasteiger partial charge < -0.3 is 14.8 Å². The molecule has 0 heterocycles. The zero-order chi connectivity index (χ0) is 16.4. The van der Waals surface area contributed by atoms with Gasteiger partial charge in [0, 0.05) is 17.6 Å². The summed E-state index contributed by atoms with van der Waals surface area (Å²) >= 11 is 0. The van der Waals surface area contributed by atoms with Crippen molar-refractivity contribution in [1.82, 2.24) is 5.32 Å². The maximum atomic E-state index is 6.05. The Morgan fingerprint density at radius 2 is 1.68 bits per heavy atom. The van der Waals surface area contributed by atoms with E-state index in [2.05, 4.69) is 46.9 Å². The largest absolute Gasteiger partial charge is 0.493 e. The monoisotopic (exact) mass is 305 g/mol. The van der Waals surface area contributed by atoms with Crippen LogP contribution < -0.4 is 14.8 Å². The molecular weight excluding hydrogens is 274 g/mol. The van der Waals surface area contributed by atoms with Gasteiger partial charge in [0.2, 0.25) is 0 Å². The Kier molecular flexibility index (Phi) is 5.06. The molecule has 0 amide bonds. The van der Waals surface area contributed by atoms with Crippen LogP contribution in [0.5, 0.6) is 11.5 Å². The fraction of sp³-hybridized carbons (Fsp3) is 0.684. The molecule has 3 nitrogen and oxygen atoms in total. The molecule has 1 saturated carbocycles. The molecule has 22 heavy (non-hydrogen) atoms. The summed E-state index contributed by atoms with van der Waals surface area (Å²) in [4.78, 5) is 0. The lowest BCUT2D eigenvalue weighted by Gasteiger charge is -2.40. The van der Waals surface area contributed by atoms with E-state index in [0.29, 0.717) is 18.8 Å². The summed E-state index contributed by atoms with van der Waals surface area (Å²) in [7, 11) is 0. The van der Waals surface area contributed by atoms with Gasteiger partial charge in [0.25, 0.3) is 0 Å². The van der Waals surface area contributed by atoms with Gasteiger partial charge in [-0.15, -0.1) is 0 Å². The molecule has 1 aliphatic carbocycles. The van der Waals surface area contributed by atoms with E-state index in [0.717, 1.165) is 24.3 Å². The highest BCUT2D eigenvalue weighted by Crippen LogP contribution is 2.29. The summed E-state index contributed by atoms with van der Waals surface area (Å²) in [5.74, 6) is 1.79. The standard InChI is InChI=1S/C19H31NO2/c1-18(2,3)13-21-15-8-7-9-16(12-15)22-17-10-14(11-17)20-19(4,5)6/h7-9,12,14,17,20H,10-11,13H2,1-6H3. The molecular formula is C19H31NO2. The van der Waals surface area contributed by atoms with Crippen molar-refractivity contribution in [2.45, 2.75) is 72.1 Å². The Morgan fingerprint density at radius 1 is 1.05 bits per heavy atom. The first-order chi connectivity index (χ1) is 10.1. The van der Waals surface area contributed by atoms with Crippen LogP contribution in [0.4, 0.5) is 0 Å². The fourth-order valence-corrected chi connectivity index (χ4v) is 2.52. The van der Waals surface area contributed by atoms with Crippen molar-refractivity contribution in [1.29, 1.82) is 0 Å².